The SMILES string of the molecule is CC[C@@H](C)NC(=O)/C=C/c1cnc(SC)nc1. The summed E-state index contributed by atoms with van der Waals surface area (Å²) in [7, 11) is 0. The molecule has 0 aliphatic rings. The lowest BCUT2D eigenvalue weighted by Gasteiger charge is -2.08. The van der Waals surface area contributed by atoms with Crippen molar-refractivity contribution in [3.63, 3.8) is 0 Å². The van der Waals surface area contributed by atoms with Crippen molar-refractivity contribution in [3.05, 3.63) is 24.0 Å². The largest absolute Gasteiger partial charge is 0.350 e. The predicted octanol–water partition coefficient (Wildman–Crippen LogP) is 2.13. The van der Waals surface area contributed by atoms with E-state index in [2.05, 4.69) is 15.3 Å². The van der Waals surface area contributed by atoms with E-state index in [1.807, 2.05) is 20.1 Å². The average molecular weight is 251 g/mol. The van der Waals surface area contributed by atoms with E-state index < -0.39 is 0 Å². The highest BCUT2D eigenvalue weighted by molar-refractivity contribution is 7.98. The Kier molecular flexibility index (Phi) is 5.69. The molecule has 17 heavy (non-hydrogen) atoms. The van der Waals surface area contributed by atoms with Crippen molar-refractivity contribution < 1.29 is 4.79 Å². The Morgan fingerprint density at radius 1 is 1.53 bits per heavy atom. The molecule has 1 heterocycles. The van der Waals surface area contributed by atoms with E-state index in [1.54, 1.807) is 18.5 Å². The first kappa shape index (κ1) is 13.7. The Morgan fingerprint density at radius 2 is 2.18 bits per heavy atom. The molecule has 1 rings (SSSR count). The number of thioether (sulfide) groups is 1. The van der Waals surface area contributed by atoms with Crippen LogP contribution in [0.1, 0.15) is 25.8 Å². The topological polar surface area (TPSA) is 54.9 Å². The van der Waals surface area contributed by atoms with Gasteiger partial charge in [0.1, 0.15) is 0 Å². The molecule has 92 valence electrons. The minimum absolute atomic E-state index is 0.0895. The second kappa shape index (κ2) is 7.06. The summed E-state index contributed by atoms with van der Waals surface area (Å²) in [5, 5.41) is 3.58. The zero-order valence-electron chi connectivity index (χ0n) is 10.3. The van der Waals surface area contributed by atoms with Crippen molar-refractivity contribution in [2.24, 2.45) is 0 Å². The van der Waals surface area contributed by atoms with E-state index in [-0.39, 0.29) is 11.9 Å². The summed E-state index contributed by atoms with van der Waals surface area (Å²) in [5.74, 6) is -0.0895. The van der Waals surface area contributed by atoms with Crippen LogP contribution in [-0.4, -0.2) is 28.2 Å². The lowest BCUT2D eigenvalue weighted by atomic mass is 10.2. The molecule has 0 unspecified atom stereocenters. The van der Waals surface area contributed by atoms with Gasteiger partial charge in [-0.15, -0.1) is 0 Å². The van der Waals surface area contributed by atoms with E-state index in [0.29, 0.717) is 0 Å². The highest BCUT2D eigenvalue weighted by atomic mass is 32.2. The molecule has 1 aromatic rings. The molecular formula is C12H17N3OS. The van der Waals surface area contributed by atoms with Crippen molar-refractivity contribution in [2.45, 2.75) is 31.5 Å². The zero-order chi connectivity index (χ0) is 12.7. The van der Waals surface area contributed by atoms with Gasteiger partial charge in [0.15, 0.2) is 5.16 Å². The van der Waals surface area contributed by atoms with Crippen LogP contribution in [0.5, 0.6) is 0 Å². The molecule has 0 aliphatic carbocycles. The maximum atomic E-state index is 11.5. The summed E-state index contributed by atoms with van der Waals surface area (Å²) in [4.78, 5) is 19.7. The van der Waals surface area contributed by atoms with Crippen LogP contribution in [-0.2, 0) is 4.79 Å². The molecule has 5 heteroatoms. The van der Waals surface area contributed by atoms with E-state index in [0.717, 1.165) is 17.1 Å². The van der Waals surface area contributed by atoms with Gasteiger partial charge in [0.25, 0.3) is 0 Å². The molecule has 0 radical (unpaired) electrons. The minimum atomic E-state index is -0.0895. The average Bonchev–Trinajstić information content (AvgIpc) is 2.36. The van der Waals surface area contributed by atoms with Gasteiger partial charge in [-0.05, 0) is 25.7 Å². The summed E-state index contributed by atoms with van der Waals surface area (Å²) < 4.78 is 0. The van der Waals surface area contributed by atoms with Crippen molar-refractivity contribution >= 4 is 23.7 Å². The molecule has 1 N–H and O–H groups in total. The molecule has 0 aromatic carbocycles. The van der Waals surface area contributed by atoms with E-state index in [4.69, 9.17) is 0 Å². The lowest BCUT2D eigenvalue weighted by molar-refractivity contribution is -0.117. The van der Waals surface area contributed by atoms with Gasteiger partial charge < -0.3 is 5.32 Å². The lowest BCUT2D eigenvalue weighted by Crippen LogP contribution is -2.30. The number of hydrogen-bond acceptors (Lipinski definition) is 4. The molecule has 1 aromatic heterocycles. The predicted molar refractivity (Wildman–Crippen MR) is 70.7 cm³/mol. The van der Waals surface area contributed by atoms with Crippen LogP contribution in [0, 0.1) is 0 Å². The van der Waals surface area contributed by atoms with Crippen molar-refractivity contribution in [3.8, 4) is 0 Å². The first-order chi connectivity index (χ1) is 8.15. The van der Waals surface area contributed by atoms with Crippen LogP contribution in [0.25, 0.3) is 6.08 Å². The molecule has 0 saturated carbocycles. The van der Waals surface area contributed by atoms with Gasteiger partial charge in [0.05, 0.1) is 0 Å². The monoisotopic (exact) mass is 251 g/mol. The quantitative estimate of drug-likeness (QED) is 0.495. The van der Waals surface area contributed by atoms with Gasteiger partial charge >= 0.3 is 0 Å². The number of carbonyl (C=O) groups is 1. The Morgan fingerprint density at radius 3 is 2.71 bits per heavy atom. The van der Waals surface area contributed by atoms with Crippen LogP contribution in [0.3, 0.4) is 0 Å². The normalized spacial score (nSPS) is 12.6. The van der Waals surface area contributed by atoms with Gasteiger partial charge in [-0.2, -0.15) is 0 Å². The van der Waals surface area contributed by atoms with Crippen molar-refractivity contribution in [2.75, 3.05) is 6.26 Å². The number of carbonyl (C=O) groups excluding carboxylic acids is 1. The second-order valence-corrected chi connectivity index (χ2v) is 4.43. The van der Waals surface area contributed by atoms with E-state index in [1.165, 1.54) is 17.8 Å². The van der Waals surface area contributed by atoms with Crippen molar-refractivity contribution in [1.29, 1.82) is 0 Å². The smallest absolute Gasteiger partial charge is 0.244 e. The number of rotatable bonds is 5. The maximum Gasteiger partial charge on any atom is 0.244 e. The summed E-state index contributed by atoms with van der Waals surface area (Å²) >= 11 is 1.49. The standard InChI is InChI=1S/C12H17N3OS/c1-4-9(2)15-11(16)6-5-10-7-13-12(17-3)14-8-10/h5-9H,4H2,1-3H3,(H,15,16)/b6-5+/t9-/m1/s1. The van der Waals surface area contributed by atoms with Crippen LogP contribution in [0.2, 0.25) is 0 Å². The Hall–Kier alpha value is -1.36. The van der Waals surface area contributed by atoms with Crippen LogP contribution in [0.4, 0.5) is 0 Å². The molecule has 0 aliphatic heterocycles. The molecular weight excluding hydrogens is 234 g/mol. The number of aromatic nitrogens is 2. The Bertz CT molecular complexity index is 389. The second-order valence-electron chi connectivity index (χ2n) is 3.65. The third-order valence-corrected chi connectivity index (χ3v) is 2.83. The van der Waals surface area contributed by atoms with E-state index >= 15 is 0 Å². The number of hydrogen-bond donors (Lipinski definition) is 1. The van der Waals surface area contributed by atoms with E-state index in [9.17, 15) is 4.79 Å². The molecule has 4 nitrogen and oxygen atoms in total. The number of nitrogens with one attached hydrogen (secondary N) is 1. The fourth-order valence-corrected chi connectivity index (χ4v) is 1.40. The highest BCUT2D eigenvalue weighted by Gasteiger charge is 2.01. The third kappa shape index (κ3) is 4.99. The van der Waals surface area contributed by atoms with Crippen LogP contribution in [0.15, 0.2) is 23.6 Å². The third-order valence-electron chi connectivity index (χ3n) is 2.26. The molecule has 0 fully saturated rings. The van der Waals surface area contributed by atoms with Gasteiger partial charge in [0.2, 0.25) is 5.91 Å². The van der Waals surface area contributed by atoms with Crippen LogP contribution < -0.4 is 5.32 Å². The molecule has 0 spiro atoms. The fourth-order valence-electron chi connectivity index (χ4n) is 1.08. The maximum absolute atomic E-state index is 11.5. The highest BCUT2D eigenvalue weighted by Crippen LogP contribution is 2.07. The molecule has 1 amide bonds. The van der Waals surface area contributed by atoms with Gasteiger partial charge in [-0.3, -0.25) is 4.79 Å². The Balaban J connectivity index is 2.54. The molecule has 0 bridgehead atoms. The summed E-state index contributed by atoms with van der Waals surface area (Å²) in [6.45, 7) is 4.01. The fraction of sp³-hybridized carbons (Fsp3) is 0.417. The number of amides is 1. The van der Waals surface area contributed by atoms with Gasteiger partial charge in [-0.25, -0.2) is 9.97 Å². The molecule has 0 saturated heterocycles. The first-order valence-corrected chi connectivity index (χ1v) is 6.72. The number of nitrogens with zero attached hydrogens (tertiary/aromatic N) is 2. The molecule has 1 atom stereocenters. The summed E-state index contributed by atoms with van der Waals surface area (Å²) in [6, 6.07) is 0.197. The minimum Gasteiger partial charge on any atom is -0.350 e. The van der Waals surface area contributed by atoms with Gasteiger partial charge in [0, 0.05) is 30.1 Å². The summed E-state index contributed by atoms with van der Waals surface area (Å²) in [5.41, 5.74) is 0.821. The van der Waals surface area contributed by atoms with Crippen molar-refractivity contribution in [1.82, 2.24) is 15.3 Å². The van der Waals surface area contributed by atoms with Crippen LogP contribution >= 0.6 is 11.8 Å². The Labute approximate surface area is 106 Å². The first-order valence-electron chi connectivity index (χ1n) is 5.50. The van der Waals surface area contributed by atoms with Gasteiger partial charge in [-0.1, -0.05) is 18.7 Å². The zero-order valence-corrected chi connectivity index (χ0v) is 11.1. The summed E-state index contributed by atoms with van der Waals surface area (Å²) in [6.07, 6.45) is 9.46.